The first-order valence-electron chi connectivity index (χ1n) is 11.0. The minimum atomic E-state index is 0.0793. The van der Waals surface area contributed by atoms with Crippen molar-refractivity contribution in [3.63, 3.8) is 0 Å². The highest BCUT2D eigenvalue weighted by Gasteiger charge is 2.26. The highest BCUT2D eigenvalue weighted by atomic mass is 35.5. The summed E-state index contributed by atoms with van der Waals surface area (Å²) in [6.45, 7) is 5.57. The molecule has 1 unspecified atom stereocenters. The van der Waals surface area contributed by atoms with Crippen LogP contribution in [0.2, 0.25) is 5.02 Å². The average Bonchev–Trinajstić information content (AvgIpc) is 3.43. The quantitative estimate of drug-likeness (QED) is 0.449. The molecular weight excluding hydrogens is 426 g/mol. The van der Waals surface area contributed by atoms with E-state index in [1.807, 2.05) is 73.3 Å². The van der Waals surface area contributed by atoms with Crippen LogP contribution in [0, 0.1) is 6.92 Å². The number of hydrogen-bond acceptors (Lipinski definition) is 4. The van der Waals surface area contributed by atoms with Gasteiger partial charge in [-0.2, -0.15) is 5.10 Å². The van der Waals surface area contributed by atoms with Gasteiger partial charge in [0.15, 0.2) is 0 Å². The molecule has 0 N–H and O–H groups in total. The molecule has 1 aliphatic heterocycles. The summed E-state index contributed by atoms with van der Waals surface area (Å²) in [5, 5.41) is 5.41. The fourth-order valence-corrected chi connectivity index (χ4v) is 4.01. The van der Waals surface area contributed by atoms with Crippen molar-refractivity contribution < 1.29 is 14.3 Å². The van der Waals surface area contributed by atoms with E-state index in [1.165, 1.54) is 0 Å². The topological polar surface area (TPSA) is 56.6 Å². The molecule has 6 nitrogen and oxygen atoms in total. The maximum Gasteiger partial charge on any atom is 0.227 e. The molecule has 1 aromatic heterocycles. The van der Waals surface area contributed by atoms with Gasteiger partial charge in [0.2, 0.25) is 11.8 Å². The summed E-state index contributed by atoms with van der Waals surface area (Å²) in [4.78, 5) is 14.7. The molecule has 1 aliphatic rings. The standard InChI is InChI=1S/C25H28ClN3O3/c1-3-24(30)28(16-22-10-7-15-31-22)17-23-18(2)27-29(20-13-11-19(26)12-14-20)25(23)32-21-8-5-4-6-9-21/h4-6,8-9,11-14,22H,3,7,10,15-17H2,1-2H3. The first-order valence-corrected chi connectivity index (χ1v) is 11.4. The first-order chi connectivity index (χ1) is 15.5. The summed E-state index contributed by atoms with van der Waals surface area (Å²) in [6.07, 6.45) is 2.53. The minimum absolute atomic E-state index is 0.0793. The van der Waals surface area contributed by atoms with Crippen LogP contribution in [0.25, 0.3) is 5.69 Å². The van der Waals surface area contributed by atoms with Crippen LogP contribution in [0.1, 0.15) is 37.4 Å². The molecule has 1 amide bonds. The molecule has 0 spiro atoms. The third-order valence-corrected chi connectivity index (χ3v) is 5.87. The molecule has 0 aliphatic carbocycles. The van der Waals surface area contributed by atoms with Crippen molar-refractivity contribution in [3.8, 4) is 17.3 Å². The van der Waals surface area contributed by atoms with Gasteiger partial charge in [0.25, 0.3) is 0 Å². The lowest BCUT2D eigenvalue weighted by molar-refractivity contribution is -0.133. The molecule has 0 radical (unpaired) electrons. The molecule has 3 aromatic rings. The molecule has 2 aromatic carbocycles. The number of nitrogens with zero attached hydrogens (tertiary/aromatic N) is 3. The first kappa shape index (κ1) is 22.4. The van der Waals surface area contributed by atoms with Crippen molar-refractivity contribution >= 4 is 17.5 Å². The van der Waals surface area contributed by atoms with Crippen molar-refractivity contribution in [1.82, 2.24) is 14.7 Å². The van der Waals surface area contributed by atoms with Crippen molar-refractivity contribution in [2.24, 2.45) is 0 Å². The third-order valence-electron chi connectivity index (χ3n) is 5.62. The van der Waals surface area contributed by atoms with Crippen LogP contribution in [-0.4, -0.2) is 39.8 Å². The lowest BCUT2D eigenvalue weighted by Crippen LogP contribution is -2.36. The van der Waals surface area contributed by atoms with Gasteiger partial charge in [0.1, 0.15) is 5.75 Å². The normalized spacial score (nSPS) is 15.7. The summed E-state index contributed by atoms with van der Waals surface area (Å²) in [5.41, 5.74) is 2.53. The Morgan fingerprint density at radius 2 is 1.97 bits per heavy atom. The van der Waals surface area contributed by atoms with Gasteiger partial charge in [-0.15, -0.1) is 0 Å². The van der Waals surface area contributed by atoms with Crippen molar-refractivity contribution in [3.05, 3.63) is 70.9 Å². The number of rotatable bonds is 8. The number of carbonyl (C=O) groups is 1. The predicted octanol–water partition coefficient (Wildman–Crippen LogP) is 5.54. The Hall–Kier alpha value is -2.83. The lowest BCUT2D eigenvalue weighted by Gasteiger charge is -2.25. The highest BCUT2D eigenvalue weighted by molar-refractivity contribution is 6.30. The summed E-state index contributed by atoms with van der Waals surface area (Å²) in [7, 11) is 0. The zero-order valence-electron chi connectivity index (χ0n) is 18.5. The van der Waals surface area contributed by atoms with E-state index in [-0.39, 0.29) is 12.0 Å². The highest BCUT2D eigenvalue weighted by Crippen LogP contribution is 2.32. The predicted molar refractivity (Wildman–Crippen MR) is 125 cm³/mol. The summed E-state index contributed by atoms with van der Waals surface area (Å²) in [5.74, 6) is 1.39. The number of halogens is 1. The summed E-state index contributed by atoms with van der Waals surface area (Å²) in [6, 6.07) is 17.0. The smallest absolute Gasteiger partial charge is 0.227 e. The van der Waals surface area contributed by atoms with E-state index in [9.17, 15) is 4.79 Å². The Balaban J connectivity index is 1.72. The minimum Gasteiger partial charge on any atom is -0.439 e. The van der Waals surface area contributed by atoms with E-state index < -0.39 is 0 Å². The lowest BCUT2D eigenvalue weighted by atomic mass is 10.2. The van der Waals surface area contributed by atoms with E-state index in [1.54, 1.807) is 4.68 Å². The second-order valence-corrected chi connectivity index (χ2v) is 8.37. The van der Waals surface area contributed by atoms with Crippen LogP contribution >= 0.6 is 11.6 Å². The average molecular weight is 454 g/mol. The van der Waals surface area contributed by atoms with Gasteiger partial charge in [0, 0.05) is 24.6 Å². The molecule has 168 valence electrons. The molecular formula is C25H28ClN3O3. The van der Waals surface area contributed by atoms with Gasteiger partial charge >= 0.3 is 0 Å². The largest absolute Gasteiger partial charge is 0.439 e. The maximum atomic E-state index is 12.8. The maximum absolute atomic E-state index is 12.8. The van der Waals surface area contributed by atoms with E-state index in [2.05, 4.69) is 0 Å². The van der Waals surface area contributed by atoms with Gasteiger partial charge in [-0.05, 0) is 56.2 Å². The Morgan fingerprint density at radius 3 is 2.62 bits per heavy atom. The SMILES string of the molecule is CCC(=O)N(Cc1c(C)nn(-c2ccc(Cl)cc2)c1Oc1ccccc1)CC1CCCO1. The number of hydrogen-bond donors (Lipinski definition) is 0. The Labute approximate surface area is 193 Å². The molecule has 0 bridgehead atoms. The molecule has 0 saturated carbocycles. The van der Waals surface area contributed by atoms with Crippen LogP contribution in [0.4, 0.5) is 0 Å². The zero-order chi connectivity index (χ0) is 22.5. The molecule has 2 heterocycles. The molecule has 1 atom stereocenters. The van der Waals surface area contributed by atoms with Crippen molar-refractivity contribution in [2.45, 2.75) is 45.8 Å². The number of ether oxygens (including phenoxy) is 2. The van der Waals surface area contributed by atoms with Crippen LogP contribution in [0.5, 0.6) is 11.6 Å². The second kappa shape index (κ2) is 10.2. The summed E-state index contributed by atoms with van der Waals surface area (Å²) >= 11 is 6.09. The monoisotopic (exact) mass is 453 g/mol. The number of aryl methyl sites for hydroxylation is 1. The van der Waals surface area contributed by atoms with Crippen LogP contribution < -0.4 is 4.74 Å². The van der Waals surface area contributed by atoms with Crippen LogP contribution in [-0.2, 0) is 16.1 Å². The Kier molecular flexibility index (Phi) is 7.12. The van der Waals surface area contributed by atoms with E-state index in [4.69, 9.17) is 26.2 Å². The molecule has 32 heavy (non-hydrogen) atoms. The van der Waals surface area contributed by atoms with E-state index in [0.717, 1.165) is 36.4 Å². The Morgan fingerprint density at radius 1 is 1.22 bits per heavy atom. The van der Waals surface area contributed by atoms with Gasteiger partial charge in [-0.1, -0.05) is 36.7 Å². The third kappa shape index (κ3) is 5.14. The van der Waals surface area contributed by atoms with Gasteiger partial charge in [0.05, 0.1) is 29.6 Å². The van der Waals surface area contributed by atoms with Gasteiger partial charge < -0.3 is 14.4 Å². The van der Waals surface area contributed by atoms with Crippen molar-refractivity contribution in [2.75, 3.05) is 13.2 Å². The number of para-hydroxylation sites is 1. The number of amides is 1. The number of benzene rings is 2. The summed E-state index contributed by atoms with van der Waals surface area (Å²) < 4.78 is 13.9. The molecule has 1 saturated heterocycles. The fraction of sp³-hybridized carbons (Fsp3) is 0.360. The number of aromatic nitrogens is 2. The van der Waals surface area contributed by atoms with Gasteiger partial charge in [-0.3, -0.25) is 4.79 Å². The second-order valence-electron chi connectivity index (χ2n) is 7.94. The molecule has 7 heteroatoms. The fourth-order valence-electron chi connectivity index (χ4n) is 3.89. The van der Waals surface area contributed by atoms with Gasteiger partial charge in [-0.25, -0.2) is 4.68 Å². The number of carbonyl (C=O) groups excluding carboxylic acids is 1. The Bertz CT molecular complexity index is 1040. The van der Waals surface area contributed by atoms with E-state index >= 15 is 0 Å². The zero-order valence-corrected chi connectivity index (χ0v) is 19.2. The molecule has 4 rings (SSSR count). The van der Waals surface area contributed by atoms with Crippen LogP contribution in [0.15, 0.2) is 54.6 Å². The molecule has 1 fully saturated rings. The van der Waals surface area contributed by atoms with E-state index in [0.29, 0.717) is 36.2 Å². The van der Waals surface area contributed by atoms with Crippen LogP contribution in [0.3, 0.4) is 0 Å². The van der Waals surface area contributed by atoms with Crippen molar-refractivity contribution in [1.29, 1.82) is 0 Å².